The first-order chi connectivity index (χ1) is 13.5. The standard InChI is InChI=1S/C21H21ClN2O3S/c1-14-19(28-21(24-14)15-3-5-16(22)6-4-15)11-12-23-20(25)13-27-18-9-7-17(26-2)8-10-18/h3-10H,11-13H2,1-2H3,(H,23,25). The molecule has 5 nitrogen and oxygen atoms in total. The minimum Gasteiger partial charge on any atom is -0.497 e. The maximum atomic E-state index is 12.0. The molecule has 0 aliphatic heterocycles. The van der Waals surface area contributed by atoms with Gasteiger partial charge in [0.25, 0.3) is 5.91 Å². The van der Waals surface area contributed by atoms with Gasteiger partial charge in [0.05, 0.1) is 12.8 Å². The fourth-order valence-corrected chi connectivity index (χ4v) is 3.76. The molecule has 3 aromatic rings. The third-order valence-electron chi connectivity index (χ3n) is 4.09. The number of rotatable bonds is 8. The van der Waals surface area contributed by atoms with Crippen molar-refractivity contribution in [2.24, 2.45) is 0 Å². The molecule has 146 valence electrons. The number of methoxy groups -OCH3 is 1. The van der Waals surface area contributed by atoms with Crippen LogP contribution >= 0.6 is 22.9 Å². The Morgan fingerprint density at radius 3 is 2.46 bits per heavy atom. The molecule has 0 bridgehead atoms. The van der Waals surface area contributed by atoms with Crippen LogP contribution in [0.5, 0.6) is 11.5 Å². The predicted octanol–water partition coefficient (Wildman–Crippen LogP) is 4.52. The third-order valence-corrected chi connectivity index (χ3v) is 5.61. The zero-order valence-corrected chi connectivity index (χ0v) is 17.3. The lowest BCUT2D eigenvalue weighted by atomic mass is 10.2. The zero-order chi connectivity index (χ0) is 19.9. The lowest BCUT2D eigenvalue weighted by molar-refractivity contribution is -0.123. The van der Waals surface area contributed by atoms with Gasteiger partial charge >= 0.3 is 0 Å². The quantitative estimate of drug-likeness (QED) is 0.586. The molecule has 0 unspecified atom stereocenters. The summed E-state index contributed by atoms with van der Waals surface area (Å²) >= 11 is 7.57. The van der Waals surface area contributed by atoms with Crippen LogP contribution in [-0.4, -0.2) is 31.2 Å². The van der Waals surface area contributed by atoms with Gasteiger partial charge < -0.3 is 14.8 Å². The molecular weight excluding hydrogens is 396 g/mol. The van der Waals surface area contributed by atoms with E-state index in [-0.39, 0.29) is 12.5 Å². The van der Waals surface area contributed by atoms with E-state index in [1.807, 2.05) is 31.2 Å². The lowest BCUT2D eigenvalue weighted by Crippen LogP contribution is -2.30. The molecule has 2 aromatic carbocycles. The van der Waals surface area contributed by atoms with Gasteiger partial charge in [-0.15, -0.1) is 11.3 Å². The van der Waals surface area contributed by atoms with Crippen LogP contribution in [0.15, 0.2) is 48.5 Å². The van der Waals surface area contributed by atoms with E-state index in [1.165, 1.54) is 0 Å². The molecule has 0 spiro atoms. The highest BCUT2D eigenvalue weighted by molar-refractivity contribution is 7.15. The summed E-state index contributed by atoms with van der Waals surface area (Å²) in [6, 6.07) is 14.8. The van der Waals surface area contributed by atoms with Crippen LogP contribution in [0.25, 0.3) is 10.6 Å². The number of aryl methyl sites for hydroxylation is 1. The molecule has 28 heavy (non-hydrogen) atoms. The van der Waals surface area contributed by atoms with Crippen molar-refractivity contribution in [1.82, 2.24) is 10.3 Å². The second kappa shape index (κ2) is 9.57. The summed E-state index contributed by atoms with van der Waals surface area (Å²) in [4.78, 5) is 17.8. The maximum absolute atomic E-state index is 12.0. The number of nitrogens with zero attached hydrogens (tertiary/aromatic N) is 1. The van der Waals surface area contributed by atoms with Crippen molar-refractivity contribution < 1.29 is 14.3 Å². The van der Waals surface area contributed by atoms with Gasteiger partial charge in [-0.05, 0) is 43.3 Å². The normalized spacial score (nSPS) is 10.5. The van der Waals surface area contributed by atoms with Crippen LogP contribution < -0.4 is 14.8 Å². The topological polar surface area (TPSA) is 60.5 Å². The summed E-state index contributed by atoms with van der Waals surface area (Å²) in [5, 5.41) is 4.54. The molecule has 0 aliphatic carbocycles. The Balaban J connectivity index is 1.46. The highest BCUT2D eigenvalue weighted by Gasteiger charge is 2.10. The Morgan fingerprint density at radius 1 is 1.11 bits per heavy atom. The van der Waals surface area contributed by atoms with Crippen molar-refractivity contribution in [1.29, 1.82) is 0 Å². The molecule has 1 N–H and O–H groups in total. The summed E-state index contributed by atoms with van der Waals surface area (Å²) in [5.74, 6) is 1.22. The van der Waals surface area contributed by atoms with Crippen LogP contribution in [0.2, 0.25) is 5.02 Å². The van der Waals surface area contributed by atoms with Gasteiger partial charge in [0.2, 0.25) is 0 Å². The maximum Gasteiger partial charge on any atom is 0.257 e. The van der Waals surface area contributed by atoms with Crippen molar-refractivity contribution in [3.05, 3.63) is 64.1 Å². The molecule has 3 rings (SSSR count). The minimum atomic E-state index is -0.157. The summed E-state index contributed by atoms with van der Waals surface area (Å²) in [7, 11) is 1.60. The number of benzene rings is 2. The molecule has 1 aromatic heterocycles. The molecule has 7 heteroatoms. The lowest BCUT2D eigenvalue weighted by Gasteiger charge is -2.08. The fourth-order valence-electron chi connectivity index (χ4n) is 2.56. The first kappa shape index (κ1) is 20.2. The number of hydrogen-bond acceptors (Lipinski definition) is 5. The second-order valence-electron chi connectivity index (χ2n) is 6.10. The number of nitrogens with one attached hydrogen (secondary N) is 1. The van der Waals surface area contributed by atoms with Crippen LogP contribution in [0.4, 0.5) is 0 Å². The van der Waals surface area contributed by atoms with Gasteiger partial charge in [0, 0.05) is 28.4 Å². The van der Waals surface area contributed by atoms with Crippen molar-refractivity contribution in [2.75, 3.05) is 20.3 Å². The predicted molar refractivity (Wildman–Crippen MR) is 112 cm³/mol. The van der Waals surface area contributed by atoms with E-state index >= 15 is 0 Å². The first-order valence-corrected chi connectivity index (χ1v) is 10.0. The number of amides is 1. The van der Waals surface area contributed by atoms with Crippen molar-refractivity contribution in [3.8, 4) is 22.1 Å². The van der Waals surface area contributed by atoms with Crippen molar-refractivity contribution in [3.63, 3.8) is 0 Å². The minimum absolute atomic E-state index is 0.0238. The van der Waals surface area contributed by atoms with E-state index in [0.717, 1.165) is 33.3 Å². The average Bonchev–Trinajstić information content (AvgIpc) is 3.08. The number of halogens is 1. The highest BCUT2D eigenvalue weighted by Crippen LogP contribution is 2.29. The second-order valence-corrected chi connectivity index (χ2v) is 7.62. The van der Waals surface area contributed by atoms with Crippen molar-refractivity contribution >= 4 is 28.8 Å². The van der Waals surface area contributed by atoms with Gasteiger partial charge in [-0.1, -0.05) is 23.7 Å². The zero-order valence-electron chi connectivity index (χ0n) is 15.7. The Bertz CT molecular complexity index is 924. The monoisotopic (exact) mass is 416 g/mol. The van der Waals surface area contributed by atoms with E-state index in [4.69, 9.17) is 21.1 Å². The molecule has 0 aliphatic rings. The van der Waals surface area contributed by atoms with Crippen LogP contribution in [-0.2, 0) is 11.2 Å². The number of aromatic nitrogens is 1. The van der Waals surface area contributed by atoms with Gasteiger partial charge in [-0.25, -0.2) is 4.98 Å². The van der Waals surface area contributed by atoms with Gasteiger partial charge in [-0.2, -0.15) is 0 Å². The van der Waals surface area contributed by atoms with Gasteiger partial charge in [0.15, 0.2) is 6.61 Å². The number of thiazole rings is 1. The SMILES string of the molecule is COc1ccc(OCC(=O)NCCc2sc(-c3ccc(Cl)cc3)nc2C)cc1. The average molecular weight is 417 g/mol. The molecule has 0 saturated heterocycles. The van der Waals surface area contributed by atoms with Crippen LogP contribution in [0.1, 0.15) is 10.6 Å². The molecule has 0 radical (unpaired) electrons. The number of carbonyl (C=O) groups is 1. The highest BCUT2D eigenvalue weighted by atomic mass is 35.5. The molecule has 0 saturated carbocycles. The first-order valence-electron chi connectivity index (χ1n) is 8.81. The largest absolute Gasteiger partial charge is 0.497 e. The Labute approximate surface area is 173 Å². The fraction of sp³-hybridized carbons (Fsp3) is 0.238. The molecular formula is C21H21ClN2O3S. The summed E-state index contributed by atoms with van der Waals surface area (Å²) < 4.78 is 10.6. The van der Waals surface area contributed by atoms with E-state index in [2.05, 4.69) is 10.3 Å². The molecule has 1 heterocycles. The Morgan fingerprint density at radius 2 is 1.79 bits per heavy atom. The summed E-state index contributed by atoms with van der Waals surface area (Å²) in [5.41, 5.74) is 2.03. The number of hydrogen-bond donors (Lipinski definition) is 1. The van der Waals surface area contributed by atoms with E-state index < -0.39 is 0 Å². The summed E-state index contributed by atoms with van der Waals surface area (Å²) in [6.07, 6.45) is 0.728. The van der Waals surface area contributed by atoms with E-state index in [1.54, 1.807) is 42.7 Å². The smallest absolute Gasteiger partial charge is 0.257 e. The van der Waals surface area contributed by atoms with Gasteiger partial charge in [0.1, 0.15) is 16.5 Å². The van der Waals surface area contributed by atoms with E-state index in [9.17, 15) is 4.79 Å². The summed E-state index contributed by atoms with van der Waals surface area (Å²) in [6.45, 7) is 2.50. The molecule has 1 amide bonds. The Kier molecular flexibility index (Phi) is 6.90. The number of ether oxygens (including phenoxy) is 2. The van der Waals surface area contributed by atoms with Crippen molar-refractivity contribution in [2.45, 2.75) is 13.3 Å². The van der Waals surface area contributed by atoms with Crippen LogP contribution in [0.3, 0.4) is 0 Å². The Hall–Kier alpha value is -2.57. The molecule has 0 fully saturated rings. The third kappa shape index (κ3) is 5.47. The number of carbonyl (C=O) groups excluding carboxylic acids is 1. The van der Waals surface area contributed by atoms with Gasteiger partial charge in [-0.3, -0.25) is 4.79 Å². The van der Waals surface area contributed by atoms with E-state index in [0.29, 0.717) is 17.3 Å². The molecule has 0 atom stereocenters. The van der Waals surface area contributed by atoms with Crippen LogP contribution in [0, 0.1) is 6.92 Å².